The van der Waals surface area contributed by atoms with Crippen LogP contribution in [0.2, 0.25) is 0 Å². The zero-order chi connectivity index (χ0) is 14.8. The van der Waals surface area contributed by atoms with Crippen molar-refractivity contribution in [3.8, 4) is 28.9 Å². The zero-order valence-electron chi connectivity index (χ0n) is 11.2. The minimum atomic E-state index is -0.353. The highest BCUT2D eigenvalue weighted by molar-refractivity contribution is 5.63. The summed E-state index contributed by atoms with van der Waals surface area (Å²) in [7, 11) is 0. The van der Waals surface area contributed by atoms with Crippen molar-refractivity contribution in [1.82, 2.24) is 10.1 Å². The number of rotatable bonds is 2. The third-order valence-corrected chi connectivity index (χ3v) is 3.11. The van der Waals surface area contributed by atoms with Gasteiger partial charge in [-0.2, -0.15) is 10.2 Å². The molecule has 4 nitrogen and oxygen atoms in total. The van der Waals surface area contributed by atoms with Gasteiger partial charge in [0.25, 0.3) is 5.89 Å². The van der Waals surface area contributed by atoms with E-state index in [4.69, 9.17) is 9.78 Å². The molecule has 21 heavy (non-hydrogen) atoms. The van der Waals surface area contributed by atoms with Gasteiger partial charge in [0, 0.05) is 11.1 Å². The first kappa shape index (κ1) is 13.0. The molecule has 0 radical (unpaired) electrons. The minimum Gasteiger partial charge on any atom is -0.334 e. The van der Waals surface area contributed by atoms with Crippen molar-refractivity contribution in [3.63, 3.8) is 0 Å². The molecule has 0 N–H and O–H groups in total. The molecule has 0 saturated carbocycles. The van der Waals surface area contributed by atoms with E-state index < -0.39 is 0 Å². The van der Waals surface area contributed by atoms with Gasteiger partial charge in [-0.25, -0.2) is 4.39 Å². The molecule has 0 bridgehead atoms. The van der Waals surface area contributed by atoms with Crippen molar-refractivity contribution in [2.24, 2.45) is 0 Å². The Morgan fingerprint density at radius 1 is 1.19 bits per heavy atom. The molecule has 0 aliphatic rings. The smallest absolute Gasteiger partial charge is 0.258 e. The fourth-order valence-corrected chi connectivity index (χ4v) is 2.01. The van der Waals surface area contributed by atoms with E-state index in [2.05, 4.69) is 16.2 Å². The molecule has 102 valence electrons. The zero-order valence-corrected chi connectivity index (χ0v) is 11.2. The maximum Gasteiger partial charge on any atom is 0.258 e. The number of halogens is 1. The maximum absolute atomic E-state index is 13.3. The molecule has 3 aromatic rings. The lowest BCUT2D eigenvalue weighted by atomic mass is 10.1. The number of nitrogens with zero attached hydrogens (tertiary/aromatic N) is 3. The molecule has 3 rings (SSSR count). The molecule has 0 atom stereocenters. The van der Waals surface area contributed by atoms with Crippen LogP contribution in [0.15, 0.2) is 47.0 Å². The molecule has 1 heterocycles. The summed E-state index contributed by atoms with van der Waals surface area (Å²) < 4.78 is 18.5. The standard InChI is InChI=1S/C16H10FN3O/c1-10-5-6-13(17)8-14(10)15-19-16(21-20-15)12-4-2-3-11(7-12)9-18/h2-8H,1H3. The van der Waals surface area contributed by atoms with Crippen LogP contribution in [0.4, 0.5) is 4.39 Å². The molecule has 0 aliphatic heterocycles. The lowest BCUT2D eigenvalue weighted by Gasteiger charge is -1.99. The predicted octanol–water partition coefficient (Wildman–Crippen LogP) is 3.72. The van der Waals surface area contributed by atoms with Crippen LogP contribution in [0.5, 0.6) is 0 Å². The third-order valence-electron chi connectivity index (χ3n) is 3.11. The van der Waals surface area contributed by atoms with Crippen LogP contribution in [0.1, 0.15) is 11.1 Å². The van der Waals surface area contributed by atoms with Gasteiger partial charge in [-0.05, 0) is 42.8 Å². The van der Waals surface area contributed by atoms with E-state index in [1.165, 1.54) is 12.1 Å². The van der Waals surface area contributed by atoms with Crippen LogP contribution < -0.4 is 0 Å². The van der Waals surface area contributed by atoms with Crippen LogP contribution >= 0.6 is 0 Å². The molecule has 0 saturated heterocycles. The molecule has 0 spiro atoms. The Balaban J connectivity index is 2.04. The van der Waals surface area contributed by atoms with Gasteiger partial charge in [0.15, 0.2) is 0 Å². The number of aromatic nitrogens is 2. The summed E-state index contributed by atoms with van der Waals surface area (Å²) in [6.45, 7) is 1.85. The summed E-state index contributed by atoms with van der Waals surface area (Å²) in [5, 5.41) is 12.8. The van der Waals surface area contributed by atoms with Gasteiger partial charge >= 0.3 is 0 Å². The van der Waals surface area contributed by atoms with Crippen LogP contribution in [-0.4, -0.2) is 10.1 Å². The van der Waals surface area contributed by atoms with E-state index in [9.17, 15) is 4.39 Å². The van der Waals surface area contributed by atoms with E-state index in [0.717, 1.165) is 5.56 Å². The Bertz CT molecular complexity index is 849. The number of aryl methyl sites for hydroxylation is 1. The number of hydrogen-bond acceptors (Lipinski definition) is 4. The molecule has 0 amide bonds. The SMILES string of the molecule is Cc1ccc(F)cc1-c1noc(-c2cccc(C#N)c2)n1. The van der Waals surface area contributed by atoms with Crippen LogP contribution in [-0.2, 0) is 0 Å². The van der Waals surface area contributed by atoms with Crippen LogP contribution in [0.3, 0.4) is 0 Å². The van der Waals surface area contributed by atoms with E-state index in [1.807, 2.05) is 6.92 Å². The molecule has 1 aromatic heterocycles. The fourth-order valence-electron chi connectivity index (χ4n) is 2.01. The molecule has 0 fully saturated rings. The van der Waals surface area contributed by atoms with E-state index in [-0.39, 0.29) is 5.82 Å². The van der Waals surface area contributed by atoms with Crippen molar-refractivity contribution in [2.75, 3.05) is 0 Å². The topological polar surface area (TPSA) is 62.7 Å². The highest BCUT2D eigenvalue weighted by Gasteiger charge is 2.13. The van der Waals surface area contributed by atoms with Crippen molar-refractivity contribution < 1.29 is 8.91 Å². The van der Waals surface area contributed by atoms with Crippen molar-refractivity contribution in [3.05, 3.63) is 59.4 Å². The number of hydrogen-bond donors (Lipinski definition) is 0. The van der Waals surface area contributed by atoms with Crippen molar-refractivity contribution >= 4 is 0 Å². The second-order valence-corrected chi connectivity index (χ2v) is 4.57. The second kappa shape index (κ2) is 5.17. The van der Waals surface area contributed by atoms with Crippen molar-refractivity contribution in [1.29, 1.82) is 5.26 Å². The highest BCUT2D eigenvalue weighted by Crippen LogP contribution is 2.25. The Labute approximate surface area is 120 Å². The molecule has 0 unspecified atom stereocenters. The van der Waals surface area contributed by atoms with Gasteiger partial charge in [-0.3, -0.25) is 0 Å². The van der Waals surface area contributed by atoms with Gasteiger partial charge in [-0.15, -0.1) is 0 Å². The average molecular weight is 279 g/mol. The van der Waals surface area contributed by atoms with Gasteiger partial charge < -0.3 is 4.52 Å². The van der Waals surface area contributed by atoms with Gasteiger partial charge in [0.2, 0.25) is 5.82 Å². The second-order valence-electron chi connectivity index (χ2n) is 4.57. The van der Waals surface area contributed by atoms with Gasteiger partial charge in [0.05, 0.1) is 11.6 Å². The molecule has 2 aromatic carbocycles. The average Bonchev–Trinajstić information content (AvgIpc) is 2.99. The summed E-state index contributed by atoms with van der Waals surface area (Å²) in [5.74, 6) is 0.267. The minimum absolute atomic E-state index is 0.297. The maximum atomic E-state index is 13.3. The van der Waals surface area contributed by atoms with E-state index >= 15 is 0 Å². The number of benzene rings is 2. The summed E-state index contributed by atoms with van der Waals surface area (Å²) in [5.41, 5.74) is 2.60. The largest absolute Gasteiger partial charge is 0.334 e. The highest BCUT2D eigenvalue weighted by atomic mass is 19.1. The first-order chi connectivity index (χ1) is 10.2. The van der Waals surface area contributed by atoms with Crippen molar-refractivity contribution in [2.45, 2.75) is 6.92 Å². The predicted molar refractivity (Wildman–Crippen MR) is 74.6 cm³/mol. The Morgan fingerprint density at radius 2 is 2.05 bits per heavy atom. The summed E-state index contributed by atoms with van der Waals surface area (Å²) in [6.07, 6.45) is 0. The summed E-state index contributed by atoms with van der Waals surface area (Å²) in [4.78, 5) is 4.27. The van der Waals surface area contributed by atoms with Crippen LogP contribution in [0.25, 0.3) is 22.8 Å². The van der Waals surface area contributed by atoms with E-state index in [1.54, 1.807) is 30.3 Å². The summed E-state index contributed by atoms with van der Waals surface area (Å²) >= 11 is 0. The summed E-state index contributed by atoms with van der Waals surface area (Å²) in [6, 6.07) is 13.3. The molecule has 0 aliphatic carbocycles. The monoisotopic (exact) mass is 279 g/mol. The van der Waals surface area contributed by atoms with E-state index in [0.29, 0.717) is 28.4 Å². The first-order valence-corrected chi connectivity index (χ1v) is 6.28. The fraction of sp³-hybridized carbons (Fsp3) is 0.0625. The lowest BCUT2D eigenvalue weighted by Crippen LogP contribution is -1.87. The quantitative estimate of drug-likeness (QED) is 0.717. The Morgan fingerprint density at radius 3 is 2.86 bits per heavy atom. The molecule has 5 heteroatoms. The number of nitriles is 1. The molecular formula is C16H10FN3O. The first-order valence-electron chi connectivity index (χ1n) is 6.28. The normalized spacial score (nSPS) is 10.3. The third kappa shape index (κ3) is 2.51. The van der Waals surface area contributed by atoms with Gasteiger partial charge in [0.1, 0.15) is 5.82 Å². The Hall–Kier alpha value is -3.00. The molecular weight excluding hydrogens is 269 g/mol. The lowest BCUT2D eigenvalue weighted by molar-refractivity contribution is 0.432. The Kier molecular flexibility index (Phi) is 3.20. The van der Waals surface area contributed by atoms with Gasteiger partial charge in [-0.1, -0.05) is 17.3 Å². The van der Waals surface area contributed by atoms with Crippen LogP contribution in [0, 0.1) is 24.1 Å².